The van der Waals surface area contributed by atoms with E-state index in [2.05, 4.69) is 37.1 Å². The standard InChI is InChI=1S/C45H55N13O6S2/c1-8-31-39(66-27(4)48-31)43(62)52-45-49-32-22-29(40(46)59)24-35(64-20-12-13-54-16-18-55(19-17-54)28(5)63-6)37(32)56(45)14-10-11-15-57-38-33(23-30(41(47)60)25-36(38)65-7)50-44(57)51-42(61)34-21-26(3)53-58(34)9-2/h10-11,21-25H,5,8-9,12-20H2,1-4,6-7H3,(H2,46,59)(H2,47,60)(H,49,52,62)(H,50,51,61)/b11-10+. The fraction of sp³-hybridized carbons (Fsp3) is 0.378. The number of rotatable bonds is 20. The van der Waals surface area contributed by atoms with Crippen LogP contribution in [0.3, 0.4) is 0 Å². The zero-order valence-corrected chi connectivity index (χ0v) is 39.6. The molecule has 0 bridgehead atoms. The lowest BCUT2D eigenvalue weighted by Crippen LogP contribution is -2.46. The van der Waals surface area contributed by atoms with Gasteiger partial charge in [-0.3, -0.25) is 39.4 Å². The molecule has 0 radical (unpaired) electrons. The number of thiazole rings is 1. The number of aromatic nitrogens is 7. The number of nitrogens with zero attached hydrogens (tertiary/aromatic N) is 9. The van der Waals surface area contributed by atoms with Crippen molar-refractivity contribution in [1.29, 1.82) is 0 Å². The number of nitrogens with one attached hydrogen (secondary N) is 2. The van der Waals surface area contributed by atoms with Gasteiger partial charge in [-0.2, -0.15) is 5.10 Å². The van der Waals surface area contributed by atoms with Gasteiger partial charge in [0, 0.05) is 68.4 Å². The third kappa shape index (κ3) is 10.2. The number of benzene rings is 2. The number of imidazole rings is 2. The molecule has 66 heavy (non-hydrogen) atoms. The summed E-state index contributed by atoms with van der Waals surface area (Å²) in [4.78, 5) is 72.5. The Morgan fingerprint density at radius 1 is 0.864 bits per heavy atom. The summed E-state index contributed by atoms with van der Waals surface area (Å²) in [5.74, 6) is -0.496. The van der Waals surface area contributed by atoms with Gasteiger partial charge in [0.15, 0.2) is 5.88 Å². The number of ether oxygens (including phenoxy) is 2. The van der Waals surface area contributed by atoms with Crippen LogP contribution in [0.4, 0.5) is 11.9 Å². The van der Waals surface area contributed by atoms with Crippen molar-refractivity contribution in [1.82, 2.24) is 43.7 Å². The van der Waals surface area contributed by atoms with Crippen LogP contribution in [0.25, 0.3) is 22.1 Å². The number of hydrogen-bond acceptors (Lipinski definition) is 14. The van der Waals surface area contributed by atoms with E-state index in [0.29, 0.717) is 81.7 Å². The highest BCUT2D eigenvalue weighted by Gasteiger charge is 2.24. The quantitative estimate of drug-likeness (QED) is 0.0324. The Morgan fingerprint density at radius 2 is 1.48 bits per heavy atom. The van der Waals surface area contributed by atoms with E-state index in [0.717, 1.165) is 42.6 Å². The van der Waals surface area contributed by atoms with Gasteiger partial charge in [-0.15, -0.1) is 23.1 Å². The van der Waals surface area contributed by atoms with E-state index >= 15 is 0 Å². The molecule has 0 spiro atoms. The number of nitrogens with two attached hydrogens (primary N) is 2. The van der Waals surface area contributed by atoms with Gasteiger partial charge in [0.1, 0.15) is 21.8 Å². The Kier molecular flexibility index (Phi) is 14.8. The second-order valence-corrected chi connectivity index (χ2v) is 17.6. The number of amides is 4. The highest BCUT2D eigenvalue weighted by Crippen LogP contribution is 2.34. The van der Waals surface area contributed by atoms with Gasteiger partial charge in [-0.05, 0) is 76.8 Å². The van der Waals surface area contributed by atoms with Crippen molar-refractivity contribution >= 4 is 80.7 Å². The second kappa shape index (κ2) is 20.6. The zero-order valence-electron chi connectivity index (χ0n) is 38.0. The van der Waals surface area contributed by atoms with Crippen molar-refractivity contribution in [2.45, 2.75) is 65.1 Å². The van der Waals surface area contributed by atoms with Crippen molar-refractivity contribution in [2.24, 2.45) is 11.5 Å². The lowest BCUT2D eigenvalue weighted by Gasteiger charge is -2.35. The Balaban J connectivity index is 1.22. The predicted molar refractivity (Wildman–Crippen MR) is 256 cm³/mol. The average molecular weight is 938 g/mol. The molecule has 2 aromatic carbocycles. The molecular weight excluding hydrogens is 883 g/mol. The predicted octanol–water partition coefficient (Wildman–Crippen LogP) is 5.42. The normalized spacial score (nSPS) is 13.2. The number of thioether (sulfide) groups is 1. The maximum atomic E-state index is 13.9. The average Bonchev–Trinajstić information content (AvgIpc) is 4.07. The first kappa shape index (κ1) is 47.3. The summed E-state index contributed by atoms with van der Waals surface area (Å²) >= 11 is 2.72. The van der Waals surface area contributed by atoms with Gasteiger partial charge >= 0.3 is 0 Å². The molecule has 1 saturated heterocycles. The van der Waals surface area contributed by atoms with Crippen molar-refractivity contribution in [3.8, 4) is 5.75 Å². The van der Waals surface area contributed by atoms with Gasteiger partial charge in [0.05, 0.1) is 46.7 Å². The molecule has 19 nitrogen and oxygen atoms in total. The molecule has 1 aliphatic heterocycles. The van der Waals surface area contributed by atoms with Gasteiger partial charge in [-0.25, -0.2) is 15.0 Å². The summed E-state index contributed by atoms with van der Waals surface area (Å²) in [6, 6.07) is 8.23. The van der Waals surface area contributed by atoms with Crippen LogP contribution in [0.1, 0.15) is 77.5 Å². The summed E-state index contributed by atoms with van der Waals surface area (Å²) in [6.45, 7) is 16.9. The van der Waals surface area contributed by atoms with Crippen molar-refractivity contribution in [3.63, 3.8) is 0 Å². The summed E-state index contributed by atoms with van der Waals surface area (Å²) in [6.07, 6.45) is 6.96. The molecule has 0 saturated carbocycles. The zero-order chi connectivity index (χ0) is 47.2. The number of anilines is 2. The second-order valence-electron chi connectivity index (χ2n) is 15.6. The number of carbonyl (C=O) groups excluding carboxylic acids is 4. The summed E-state index contributed by atoms with van der Waals surface area (Å²) in [7, 11) is 1.62. The Labute approximate surface area is 390 Å². The highest BCUT2D eigenvalue weighted by atomic mass is 32.2. The van der Waals surface area contributed by atoms with E-state index in [1.807, 2.05) is 55.2 Å². The minimum absolute atomic E-state index is 0.197. The number of aryl methyl sites for hydroxylation is 4. The van der Waals surface area contributed by atoms with E-state index in [4.69, 9.17) is 30.9 Å². The maximum absolute atomic E-state index is 13.9. The number of carbonyl (C=O) groups is 4. The smallest absolute Gasteiger partial charge is 0.276 e. The first-order chi connectivity index (χ1) is 31.7. The van der Waals surface area contributed by atoms with E-state index in [-0.39, 0.29) is 42.0 Å². The van der Waals surface area contributed by atoms with Crippen LogP contribution in [-0.4, -0.2) is 120 Å². The molecule has 21 heteroatoms. The number of hydrogen-bond donors (Lipinski definition) is 4. The van der Waals surface area contributed by atoms with E-state index < -0.39 is 17.7 Å². The third-order valence-electron chi connectivity index (χ3n) is 11.2. The van der Waals surface area contributed by atoms with Crippen molar-refractivity contribution in [2.75, 3.05) is 63.3 Å². The van der Waals surface area contributed by atoms with Crippen LogP contribution >= 0.6 is 23.1 Å². The van der Waals surface area contributed by atoms with E-state index in [1.165, 1.54) is 23.1 Å². The van der Waals surface area contributed by atoms with E-state index in [1.54, 1.807) is 42.1 Å². The fourth-order valence-corrected chi connectivity index (χ4v) is 9.47. The van der Waals surface area contributed by atoms with Crippen LogP contribution in [0.2, 0.25) is 0 Å². The lowest BCUT2D eigenvalue weighted by molar-refractivity contribution is 0.0908. The van der Waals surface area contributed by atoms with Gasteiger partial charge < -0.3 is 35.0 Å². The molecule has 6 aromatic rings. The number of primary amides is 2. The Morgan fingerprint density at radius 3 is 2.09 bits per heavy atom. The third-order valence-corrected chi connectivity index (χ3v) is 13.0. The summed E-state index contributed by atoms with van der Waals surface area (Å²) < 4.78 is 17.1. The largest absolute Gasteiger partial charge is 0.491 e. The van der Waals surface area contributed by atoms with E-state index in [9.17, 15) is 19.2 Å². The molecule has 7 rings (SSSR count). The molecule has 348 valence electrons. The molecular formula is C45H55N13O6S2. The molecule has 0 atom stereocenters. The molecule has 5 heterocycles. The maximum Gasteiger partial charge on any atom is 0.276 e. The molecule has 1 aliphatic rings. The molecule has 4 aromatic heterocycles. The minimum atomic E-state index is -0.651. The Hall–Kier alpha value is -6.71. The van der Waals surface area contributed by atoms with Crippen LogP contribution in [0, 0.1) is 13.8 Å². The number of methoxy groups -OCH3 is 1. The van der Waals surface area contributed by atoms with Crippen LogP contribution in [0.15, 0.2) is 59.8 Å². The molecule has 4 amide bonds. The summed E-state index contributed by atoms with van der Waals surface area (Å²) in [5.41, 5.74) is 15.9. The number of piperazine rings is 1. The first-order valence-corrected chi connectivity index (χ1v) is 23.6. The topological polar surface area (TPSA) is 236 Å². The van der Waals surface area contributed by atoms with Crippen LogP contribution in [-0.2, 0) is 30.8 Å². The summed E-state index contributed by atoms with van der Waals surface area (Å²) in [5, 5.41) is 11.2. The monoisotopic (exact) mass is 937 g/mol. The van der Waals surface area contributed by atoms with Crippen molar-refractivity contribution < 1.29 is 28.7 Å². The minimum Gasteiger partial charge on any atom is -0.491 e. The van der Waals surface area contributed by atoms with Gasteiger partial charge in [0.2, 0.25) is 23.7 Å². The van der Waals surface area contributed by atoms with Crippen LogP contribution < -0.4 is 26.8 Å². The molecule has 0 unspecified atom stereocenters. The molecule has 6 N–H and O–H groups in total. The highest BCUT2D eigenvalue weighted by molar-refractivity contribution is 7.98. The Bertz CT molecular complexity index is 2850. The van der Waals surface area contributed by atoms with Gasteiger partial charge in [0.25, 0.3) is 11.8 Å². The number of fused-ring (bicyclic) bond motifs is 2. The van der Waals surface area contributed by atoms with Gasteiger partial charge in [-0.1, -0.05) is 19.1 Å². The fourth-order valence-electron chi connectivity index (χ4n) is 7.92. The molecule has 1 fully saturated rings. The van der Waals surface area contributed by atoms with Crippen LogP contribution in [0.5, 0.6) is 5.75 Å². The SMILES string of the molecule is C=C(OC)N1CCN(CCCOc2cc(C(N)=O)cc3nc(NC(=O)c4sc(C)nc4CC)n(C/C=C/Cn4c(NC(=O)c5cc(C)nn5CC)nc5cc(C(N)=O)cc(SC)c54)c23)CC1. The lowest BCUT2D eigenvalue weighted by atomic mass is 10.1. The van der Waals surface area contributed by atoms with Crippen molar-refractivity contribution in [3.05, 3.63) is 93.0 Å². The molecule has 0 aliphatic carbocycles. The first-order valence-electron chi connectivity index (χ1n) is 21.6. The number of allylic oxidation sites excluding steroid dienone is 2.